The summed E-state index contributed by atoms with van der Waals surface area (Å²) in [6, 6.07) is 8.36. The summed E-state index contributed by atoms with van der Waals surface area (Å²) in [6.07, 6.45) is 6.79. The van der Waals surface area contributed by atoms with E-state index in [1.165, 1.54) is 17.7 Å². The molecule has 0 aliphatic heterocycles. The van der Waals surface area contributed by atoms with E-state index in [9.17, 15) is 4.79 Å². The van der Waals surface area contributed by atoms with Crippen LogP contribution in [-0.4, -0.2) is 24.2 Å². The van der Waals surface area contributed by atoms with Crippen LogP contribution in [-0.2, 0) is 4.79 Å². The molecule has 1 saturated carbocycles. The Labute approximate surface area is 119 Å². The van der Waals surface area contributed by atoms with Crippen molar-refractivity contribution in [2.75, 3.05) is 11.6 Å². The van der Waals surface area contributed by atoms with Gasteiger partial charge in [-0.25, -0.2) is 0 Å². The lowest BCUT2D eigenvalue weighted by Gasteiger charge is -2.18. The van der Waals surface area contributed by atoms with Gasteiger partial charge in [0.25, 0.3) is 0 Å². The van der Waals surface area contributed by atoms with E-state index in [-0.39, 0.29) is 11.9 Å². The third-order valence-corrected chi connectivity index (χ3v) is 4.31. The van der Waals surface area contributed by atoms with Gasteiger partial charge >= 0.3 is 0 Å². The van der Waals surface area contributed by atoms with Crippen LogP contribution >= 0.6 is 11.8 Å². The first-order valence-corrected chi connectivity index (χ1v) is 8.12. The first-order chi connectivity index (χ1) is 9.19. The fraction of sp³-hybridized carbons (Fsp3) is 0.533. The van der Waals surface area contributed by atoms with Crippen LogP contribution in [0.15, 0.2) is 29.2 Å². The number of carbonyl (C=O) groups is 1. The number of benzene rings is 1. The summed E-state index contributed by atoms with van der Waals surface area (Å²) in [4.78, 5) is 13.3. The van der Waals surface area contributed by atoms with Crippen LogP contribution in [0.3, 0.4) is 0 Å². The third-order valence-electron chi connectivity index (χ3n) is 3.57. The van der Waals surface area contributed by atoms with E-state index < -0.39 is 0 Å². The van der Waals surface area contributed by atoms with E-state index in [0.717, 1.165) is 18.5 Å². The van der Waals surface area contributed by atoms with Crippen molar-refractivity contribution < 1.29 is 4.79 Å². The molecular weight excluding hydrogens is 256 g/mol. The highest BCUT2D eigenvalue weighted by atomic mass is 32.2. The van der Waals surface area contributed by atoms with Gasteiger partial charge in [0.05, 0.1) is 0 Å². The number of rotatable bonds is 5. The van der Waals surface area contributed by atoms with Gasteiger partial charge in [-0.05, 0) is 50.3 Å². The molecule has 2 N–H and O–H groups in total. The summed E-state index contributed by atoms with van der Waals surface area (Å²) in [5, 5.41) is 6.36. The molecule has 1 aliphatic rings. The first kappa shape index (κ1) is 14.3. The predicted octanol–water partition coefficient (Wildman–Crippen LogP) is 3.27. The molecule has 104 valence electrons. The fourth-order valence-electron chi connectivity index (χ4n) is 2.40. The molecule has 19 heavy (non-hydrogen) atoms. The largest absolute Gasteiger partial charge is 0.374 e. The van der Waals surface area contributed by atoms with Gasteiger partial charge in [0.1, 0.15) is 6.04 Å². The van der Waals surface area contributed by atoms with E-state index in [1.807, 2.05) is 19.1 Å². The van der Waals surface area contributed by atoms with Crippen LogP contribution in [0.5, 0.6) is 0 Å². The Kier molecular flexibility index (Phi) is 5.14. The molecule has 1 fully saturated rings. The van der Waals surface area contributed by atoms with Gasteiger partial charge in [0, 0.05) is 16.6 Å². The van der Waals surface area contributed by atoms with Gasteiger partial charge in [-0.2, -0.15) is 0 Å². The quantitative estimate of drug-likeness (QED) is 0.812. The summed E-state index contributed by atoms with van der Waals surface area (Å²) in [6.45, 7) is 1.91. The lowest BCUT2D eigenvalue weighted by Crippen LogP contribution is -2.42. The standard InChI is InChI=1S/C15H22N2OS/c1-11(15(18)17-12-5-3-4-6-12)16-13-7-9-14(19-2)10-8-13/h7-12,16H,3-6H2,1-2H3,(H,17,18). The maximum absolute atomic E-state index is 12.0. The molecule has 0 radical (unpaired) electrons. The number of anilines is 1. The zero-order valence-electron chi connectivity index (χ0n) is 11.6. The molecule has 4 heteroatoms. The number of carbonyl (C=O) groups excluding carboxylic acids is 1. The molecule has 0 heterocycles. The average molecular weight is 278 g/mol. The molecule has 1 atom stereocenters. The Morgan fingerprint density at radius 2 is 1.89 bits per heavy atom. The minimum atomic E-state index is -0.194. The predicted molar refractivity (Wildman–Crippen MR) is 81.7 cm³/mol. The normalized spacial score (nSPS) is 17.2. The molecule has 0 bridgehead atoms. The number of nitrogens with one attached hydrogen (secondary N) is 2. The Hall–Kier alpha value is -1.16. The number of amides is 1. The van der Waals surface area contributed by atoms with Crippen LogP contribution in [0.1, 0.15) is 32.6 Å². The minimum Gasteiger partial charge on any atom is -0.374 e. The van der Waals surface area contributed by atoms with Gasteiger partial charge < -0.3 is 10.6 Å². The highest BCUT2D eigenvalue weighted by Gasteiger charge is 2.20. The Bertz CT molecular complexity index is 413. The van der Waals surface area contributed by atoms with E-state index in [0.29, 0.717) is 6.04 Å². The topological polar surface area (TPSA) is 41.1 Å². The van der Waals surface area contributed by atoms with Crippen molar-refractivity contribution in [3.8, 4) is 0 Å². The molecule has 1 aromatic rings. The summed E-state index contributed by atoms with van der Waals surface area (Å²) in [5.41, 5.74) is 0.992. The second-order valence-electron chi connectivity index (χ2n) is 5.08. The molecule has 1 aliphatic carbocycles. The molecule has 1 unspecified atom stereocenters. The molecule has 3 nitrogen and oxygen atoms in total. The maximum Gasteiger partial charge on any atom is 0.242 e. The van der Waals surface area contributed by atoms with Crippen molar-refractivity contribution in [3.05, 3.63) is 24.3 Å². The van der Waals surface area contributed by atoms with Crippen LogP contribution in [0.25, 0.3) is 0 Å². The summed E-state index contributed by atoms with van der Waals surface area (Å²) >= 11 is 1.72. The summed E-state index contributed by atoms with van der Waals surface area (Å²) < 4.78 is 0. The highest BCUT2D eigenvalue weighted by molar-refractivity contribution is 7.98. The monoisotopic (exact) mass is 278 g/mol. The van der Waals surface area contributed by atoms with Crippen molar-refractivity contribution in [2.24, 2.45) is 0 Å². The third kappa shape index (κ3) is 4.16. The molecule has 1 amide bonds. The van der Waals surface area contributed by atoms with Crippen molar-refractivity contribution in [2.45, 2.75) is 49.6 Å². The maximum atomic E-state index is 12.0. The molecule has 1 aromatic carbocycles. The Morgan fingerprint density at radius 3 is 2.47 bits per heavy atom. The van der Waals surface area contributed by atoms with Gasteiger partial charge in [-0.15, -0.1) is 11.8 Å². The molecule has 0 saturated heterocycles. The highest BCUT2D eigenvalue weighted by Crippen LogP contribution is 2.19. The van der Waals surface area contributed by atoms with Crippen molar-refractivity contribution in [1.82, 2.24) is 5.32 Å². The molecule has 0 aromatic heterocycles. The fourth-order valence-corrected chi connectivity index (χ4v) is 2.81. The van der Waals surface area contributed by atoms with E-state index in [1.54, 1.807) is 11.8 Å². The Morgan fingerprint density at radius 1 is 1.26 bits per heavy atom. The van der Waals surface area contributed by atoms with Gasteiger partial charge in [0.15, 0.2) is 0 Å². The minimum absolute atomic E-state index is 0.0980. The second-order valence-corrected chi connectivity index (χ2v) is 5.96. The summed E-state index contributed by atoms with van der Waals surface area (Å²) in [7, 11) is 0. The molecular formula is C15H22N2OS. The second kappa shape index (κ2) is 6.85. The van der Waals surface area contributed by atoms with Crippen LogP contribution in [0, 0.1) is 0 Å². The number of hydrogen-bond acceptors (Lipinski definition) is 3. The van der Waals surface area contributed by atoms with Crippen molar-refractivity contribution in [1.29, 1.82) is 0 Å². The van der Waals surface area contributed by atoms with Gasteiger partial charge in [-0.1, -0.05) is 12.8 Å². The summed E-state index contributed by atoms with van der Waals surface area (Å²) in [5.74, 6) is 0.0980. The Balaban J connectivity index is 1.84. The van der Waals surface area contributed by atoms with Gasteiger partial charge in [0.2, 0.25) is 5.91 Å². The number of thioether (sulfide) groups is 1. The smallest absolute Gasteiger partial charge is 0.242 e. The van der Waals surface area contributed by atoms with E-state index in [2.05, 4.69) is 29.0 Å². The molecule has 2 rings (SSSR count). The number of hydrogen-bond donors (Lipinski definition) is 2. The molecule has 0 spiro atoms. The SMILES string of the molecule is CSc1ccc(NC(C)C(=O)NC2CCCC2)cc1. The van der Waals surface area contributed by atoms with Crippen LogP contribution in [0.4, 0.5) is 5.69 Å². The van der Waals surface area contributed by atoms with Crippen LogP contribution < -0.4 is 10.6 Å². The first-order valence-electron chi connectivity index (χ1n) is 6.90. The average Bonchev–Trinajstić information content (AvgIpc) is 2.92. The zero-order chi connectivity index (χ0) is 13.7. The van der Waals surface area contributed by atoms with Gasteiger partial charge in [-0.3, -0.25) is 4.79 Å². The van der Waals surface area contributed by atoms with E-state index >= 15 is 0 Å². The van der Waals surface area contributed by atoms with Crippen LogP contribution in [0.2, 0.25) is 0 Å². The zero-order valence-corrected chi connectivity index (χ0v) is 12.4. The van der Waals surface area contributed by atoms with Crippen molar-refractivity contribution in [3.63, 3.8) is 0 Å². The van der Waals surface area contributed by atoms with E-state index in [4.69, 9.17) is 0 Å². The van der Waals surface area contributed by atoms with Crippen molar-refractivity contribution >= 4 is 23.4 Å². The lowest BCUT2D eigenvalue weighted by molar-refractivity contribution is -0.122. The lowest BCUT2D eigenvalue weighted by atomic mass is 10.2.